The minimum atomic E-state index is -0.368. The van der Waals surface area contributed by atoms with Crippen LogP contribution in [0, 0.1) is 6.92 Å². The van der Waals surface area contributed by atoms with E-state index < -0.39 is 0 Å². The Bertz CT molecular complexity index is 971. The number of ether oxygens (including phenoxy) is 3. The van der Waals surface area contributed by atoms with Gasteiger partial charge in [-0.05, 0) is 48.9 Å². The van der Waals surface area contributed by atoms with E-state index in [2.05, 4.69) is 0 Å². The third kappa shape index (κ3) is 3.28. The summed E-state index contributed by atoms with van der Waals surface area (Å²) in [6, 6.07) is 14.8. The first kappa shape index (κ1) is 17.6. The molecule has 3 rings (SSSR count). The van der Waals surface area contributed by atoms with E-state index in [1.54, 1.807) is 40.4 Å². The molecule has 0 unspecified atom stereocenters. The summed E-state index contributed by atoms with van der Waals surface area (Å²) in [4.78, 5) is 12.1. The van der Waals surface area contributed by atoms with Gasteiger partial charge in [0, 0.05) is 16.7 Å². The highest BCUT2D eigenvalue weighted by molar-refractivity contribution is 5.80. The summed E-state index contributed by atoms with van der Waals surface area (Å²) in [5.41, 5.74) is 2.64. The molecule has 26 heavy (non-hydrogen) atoms. The Morgan fingerprint density at radius 1 is 0.769 bits per heavy atom. The standard InChI is InChI=1S/C21H20O5/c1-13-11-17(14-5-8-16(23-2)9-6-14)20(26-21(13)22)15-7-10-18(24-3)19(12-15)25-4/h5-12H,1-4H3. The summed E-state index contributed by atoms with van der Waals surface area (Å²) >= 11 is 0. The molecule has 134 valence electrons. The molecule has 0 fully saturated rings. The molecule has 0 radical (unpaired) electrons. The van der Waals surface area contributed by atoms with Gasteiger partial charge >= 0.3 is 5.63 Å². The zero-order chi connectivity index (χ0) is 18.7. The molecule has 0 spiro atoms. The molecule has 0 saturated carbocycles. The van der Waals surface area contributed by atoms with Crippen LogP contribution in [0.3, 0.4) is 0 Å². The lowest BCUT2D eigenvalue weighted by molar-refractivity contribution is 0.355. The van der Waals surface area contributed by atoms with Gasteiger partial charge in [-0.25, -0.2) is 4.79 Å². The summed E-state index contributed by atoms with van der Waals surface area (Å²) in [7, 11) is 4.76. The van der Waals surface area contributed by atoms with E-state index in [1.807, 2.05) is 36.4 Å². The summed E-state index contributed by atoms with van der Waals surface area (Å²) < 4.78 is 21.5. The van der Waals surface area contributed by atoms with Gasteiger partial charge in [-0.15, -0.1) is 0 Å². The predicted octanol–water partition coefficient (Wildman–Crippen LogP) is 4.31. The van der Waals surface area contributed by atoms with Gasteiger partial charge in [0.1, 0.15) is 11.5 Å². The number of aryl methyl sites for hydroxylation is 1. The molecule has 0 aliphatic carbocycles. The van der Waals surface area contributed by atoms with Crippen LogP contribution in [0.25, 0.3) is 22.5 Å². The molecule has 3 aromatic rings. The fourth-order valence-corrected chi connectivity index (χ4v) is 2.75. The van der Waals surface area contributed by atoms with Crippen LogP contribution in [0.1, 0.15) is 5.56 Å². The van der Waals surface area contributed by atoms with Gasteiger partial charge in [-0.2, -0.15) is 0 Å². The third-order valence-electron chi connectivity index (χ3n) is 4.17. The first-order valence-electron chi connectivity index (χ1n) is 8.09. The van der Waals surface area contributed by atoms with Crippen LogP contribution in [-0.4, -0.2) is 21.3 Å². The van der Waals surface area contributed by atoms with Crippen molar-refractivity contribution in [1.29, 1.82) is 0 Å². The highest BCUT2D eigenvalue weighted by Gasteiger charge is 2.15. The number of methoxy groups -OCH3 is 3. The Labute approximate surface area is 151 Å². The molecule has 0 bridgehead atoms. The zero-order valence-electron chi connectivity index (χ0n) is 15.2. The molecule has 0 aliphatic rings. The zero-order valence-corrected chi connectivity index (χ0v) is 15.2. The quantitative estimate of drug-likeness (QED) is 0.685. The fraction of sp³-hybridized carbons (Fsp3) is 0.190. The molecule has 0 aliphatic heterocycles. The summed E-state index contributed by atoms with van der Waals surface area (Å²) in [5, 5.41) is 0. The monoisotopic (exact) mass is 352 g/mol. The lowest BCUT2D eigenvalue weighted by Gasteiger charge is -2.13. The predicted molar refractivity (Wildman–Crippen MR) is 100 cm³/mol. The highest BCUT2D eigenvalue weighted by atomic mass is 16.5. The Balaban J connectivity index is 2.20. The number of benzene rings is 2. The Hall–Kier alpha value is -3.21. The average Bonchev–Trinajstić information content (AvgIpc) is 2.69. The maximum Gasteiger partial charge on any atom is 0.339 e. The Morgan fingerprint density at radius 3 is 2.04 bits per heavy atom. The Kier molecular flexibility index (Phi) is 4.98. The van der Waals surface area contributed by atoms with Crippen molar-refractivity contribution >= 4 is 0 Å². The van der Waals surface area contributed by atoms with Gasteiger partial charge in [0.15, 0.2) is 11.5 Å². The van der Waals surface area contributed by atoms with Crippen molar-refractivity contribution in [2.75, 3.05) is 21.3 Å². The SMILES string of the molecule is COc1ccc(-c2cc(C)c(=O)oc2-c2ccc(OC)c(OC)c2)cc1. The average molecular weight is 352 g/mol. The van der Waals surface area contributed by atoms with Crippen LogP contribution in [0.2, 0.25) is 0 Å². The summed E-state index contributed by atoms with van der Waals surface area (Å²) in [6.45, 7) is 1.73. The van der Waals surface area contributed by atoms with Gasteiger partial charge in [-0.3, -0.25) is 0 Å². The van der Waals surface area contributed by atoms with Crippen molar-refractivity contribution < 1.29 is 18.6 Å². The molecule has 5 heteroatoms. The molecule has 1 aromatic heterocycles. The number of hydrogen-bond acceptors (Lipinski definition) is 5. The lowest BCUT2D eigenvalue weighted by Crippen LogP contribution is -2.05. The molecule has 0 saturated heterocycles. The van der Waals surface area contributed by atoms with Crippen LogP contribution in [-0.2, 0) is 0 Å². The largest absolute Gasteiger partial charge is 0.497 e. The van der Waals surface area contributed by atoms with E-state index in [1.165, 1.54) is 0 Å². The second-order valence-corrected chi connectivity index (χ2v) is 5.76. The van der Waals surface area contributed by atoms with Gasteiger partial charge < -0.3 is 18.6 Å². The van der Waals surface area contributed by atoms with Crippen LogP contribution < -0.4 is 19.8 Å². The summed E-state index contributed by atoms with van der Waals surface area (Å²) in [6.07, 6.45) is 0. The summed E-state index contributed by atoms with van der Waals surface area (Å²) in [5.74, 6) is 2.41. The second-order valence-electron chi connectivity index (χ2n) is 5.76. The molecule has 0 amide bonds. The van der Waals surface area contributed by atoms with Gasteiger partial charge in [0.25, 0.3) is 0 Å². The second kappa shape index (κ2) is 7.35. The van der Waals surface area contributed by atoms with Crippen molar-refractivity contribution in [3.05, 3.63) is 64.5 Å². The molecule has 2 aromatic carbocycles. The van der Waals surface area contributed by atoms with Gasteiger partial charge in [0.2, 0.25) is 0 Å². The van der Waals surface area contributed by atoms with Gasteiger partial charge in [0.05, 0.1) is 21.3 Å². The van der Waals surface area contributed by atoms with E-state index in [0.29, 0.717) is 22.8 Å². The fourth-order valence-electron chi connectivity index (χ4n) is 2.75. The van der Waals surface area contributed by atoms with Crippen molar-refractivity contribution in [2.45, 2.75) is 6.92 Å². The van der Waals surface area contributed by atoms with Crippen molar-refractivity contribution in [3.8, 4) is 39.7 Å². The van der Waals surface area contributed by atoms with Crippen LogP contribution >= 0.6 is 0 Å². The van der Waals surface area contributed by atoms with Crippen molar-refractivity contribution in [1.82, 2.24) is 0 Å². The van der Waals surface area contributed by atoms with Crippen LogP contribution in [0.15, 0.2) is 57.7 Å². The number of rotatable bonds is 5. The smallest absolute Gasteiger partial charge is 0.339 e. The third-order valence-corrected chi connectivity index (χ3v) is 4.17. The van der Waals surface area contributed by atoms with E-state index in [0.717, 1.165) is 22.4 Å². The first-order valence-corrected chi connectivity index (χ1v) is 8.09. The van der Waals surface area contributed by atoms with E-state index in [4.69, 9.17) is 18.6 Å². The van der Waals surface area contributed by atoms with E-state index >= 15 is 0 Å². The molecule has 5 nitrogen and oxygen atoms in total. The molecule has 0 N–H and O–H groups in total. The molecule has 1 heterocycles. The molecule has 0 atom stereocenters. The topological polar surface area (TPSA) is 57.9 Å². The van der Waals surface area contributed by atoms with Crippen LogP contribution in [0.5, 0.6) is 17.2 Å². The molecular formula is C21H20O5. The van der Waals surface area contributed by atoms with Crippen molar-refractivity contribution in [3.63, 3.8) is 0 Å². The normalized spacial score (nSPS) is 10.5. The lowest BCUT2D eigenvalue weighted by atomic mass is 9.99. The minimum absolute atomic E-state index is 0.368. The first-order chi connectivity index (χ1) is 12.6. The van der Waals surface area contributed by atoms with E-state index in [-0.39, 0.29) is 5.63 Å². The highest BCUT2D eigenvalue weighted by Crippen LogP contribution is 2.37. The Morgan fingerprint density at radius 2 is 1.42 bits per heavy atom. The minimum Gasteiger partial charge on any atom is -0.497 e. The van der Waals surface area contributed by atoms with Crippen molar-refractivity contribution in [2.24, 2.45) is 0 Å². The van der Waals surface area contributed by atoms with Gasteiger partial charge in [-0.1, -0.05) is 12.1 Å². The van der Waals surface area contributed by atoms with E-state index in [9.17, 15) is 4.79 Å². The maximum absolute atomic E-state index is 12.1. The number of hydrogen-bond donors (Lipinski definition) is 0. The van der Waals surface area contributed by atoms with Crippen LogP contribution in [0.4, 0.5) is 0 Å². The maximum atomic E-state index is 12.1. The molecular weight excluding hydrogens is 332 g/mol.